The molecule has 1 atom stereocenters. The third kappa shape index (κ3) is 45.2. The number of esters is 2. The van der Waals surface area contributed by atoms with Crippen molar-refractivity contribution in [2.24, 2.45) is 0 Å². The lowest BCUT2D eigenvalue weighted by Gasteiger charge is -2.15. The van der Waals surface area contributed by atoms with Gasteiger partial charge in [-0.05, 0) is 38.5 Å². The van der Waals surface area contributed by atoms with E-state index in [4.69, 9.17) is 9.47 Å². The number of hydrogen-bond acceptors (Lipinski definition) is 5. The maximum absolute atomic E-state index is 12.2. The molecule has 0 aliphatic heterocycles. The third-order valence-electron chi connectivity index (χ3n) is 11.3. The minimum Gasteiger partial charge on any atom is -0.462 e. The van der Waals surface area contributed by atoms with Gasteiger partial charge in [-0.1, -0.05) is 238 Å². The Morgan fingerprint density at radius 3 is 1.02 bits per heavy atom. The minimum atomic E-state index is -0.769. The molecule has 0 spiro atoms. The maximum atomic E-state index is 12.2. The first-order valence-electron chi connectivity index (χ1n) is 24.7. The second kappa shape index (κ2) is 47.0. The fourth-order valence-electron chi connectivity index (χ4n) is 7.55. The molecule has 0 aliphatic rings. The van der Waals surface area contributed by atoms with Crippen LogP contribution >= 0.6 is 0 Å². The summed E-state index contributed by atoms with van der Waals surface area (Å²) in [5.41, 5.74) is 0. The summed E-state index contributed by atoms with van der Waals surface area (Å²) < 4.78 is 10.6. The van der Waals surface area contributed by atoms with Gasteiger partial charge >= 0.3 is 11.9 Å². The second-order valence-corrected chi connectivity index (χ2v) is 16.9. The molecule has 0 radical (unpaired) electrons. The molecule has 0 fully saturated rings. The normalized spacial score (nSPS) is 12.1. The van der Waals surface area contributed by atoms with Gasteiger partial charge in [-0.2, -0.15) is 0 Å². The summed E-state index contributed by atoms with van der Waals surface area (Å²) in [6, 6.07) is 0. The van der Waals surface area contributed by atoms with Crippen LogP contribution in [0.2, 0.25) is 0 Å². The molecule has 0 bridgehead atoms. The Morgan fingerprint density at radius 1 is 0.400 bits per heavy atom. The molecule has 5 heteroatoms. The number of unbranched alkanes of at least 4 members (excludes halogenated alkanes) is 36. The highest BCUT2D eigenvalue weighted by atomic mass is 16.6. The van der Waals surface area contributed by atoms with Crippen molar-refractivity contribution in [3.8, 4) is 0 Å². The summed E-state index contributed by atoms with van der Waals surface area (Å²) in [6.07, 6.45) is 56.1. The van der Waals surface area contributed by atoms with E-state index in [9.17, 15) is 14.7 Å². The first-order chi connectivity index (χ1) is 27.1. The van der Waals surface area contributed by atoms with E-state index in [1.165, 1.54) is 212 Å². The van der Waals surface area contributed by atoms with Crippen LogP contribution in [0.1, 0.15) is 277 Å². The van der Waals surface area contributed by atoms with Crippen LogP contribution in [-0.2, 0) is 19.1 Å². The van der Waals surface area contributed by atoms with Gasteiger partial charge in [0.15, 0.2) is 6.10 Å². The van der Waals surface area contributed by atoms with Gasteiger partial charge < -0.3 is 14.6 Å². The van der Waals surface area contributed by atoms with E-state index < -0.39 is 6.10 Å². The summed E-state index contributed by atoms with van der Waals surface area (Å²) in [7, 11) is 0. The molecule has 0 aliphatic carbocycles. The van der Waals surface area contributed by atoms with Gasteiger partial charge in [0.2, 0.25) is 0 Å². The number of rotatable bonds is 46. The number of carbonyl (C=O) groups excluding carboxylic acids is 2. The number of ether oxygens (including phenoxy) is 2. The average molecular weight is 777 g/mol. The molecule has 0 heterocycles. The first-order valence-corrected chi connectivity index (χ1v) is 24.7. The highest BCUT2D eigenvalue weighted by Gasteiger charge is 2.16. The van der Waals surface area contributed by atoms with Crippen LogP contribution in [0, 0.1) is 0 Å². The van der Waals surface area contributed by atoms with Gasteiger partial charge in [-0.15, -0.1) is 0 Å². The van der Waals surface area contributed by atoms with Gasteiger partial charge in [0.25, 0.3) is 0 Å². The molecule has 0 saturated carbocycles. The van der Waals surface area contributed by atoms with Crippen molar-refractivity contribution >= 4 is 11.9 Å². The zero-order valence-electron chi connectivity index (χ0n) is 37.2. The Balaban J connectivity index is 3.38. The molecule has 1 N–H and O–H groups in total. The van der Waals surface area contributed by atoms with Crippen LogP contribution in [0.3, 0.4) is 0 Å². The molecular weight excluding hydrogens is 681 g/mol. The lowest BCUT2D eigenvalue weighted by atomic mass is 10.0. The average Bonchev–Trinajstić information content (AvgIpc) is 3.19. The maximum Gasteiger partial charge on any atom is 0.306 e. The first kappa shape index (κ1) is 53.6. The summed E-state index contributed by atoms with van der Waals surface area (Å²) in [6.45, 7) is 4.14. The van der Waals surface area contributed by atoms with Crippen molar-refractivity contribution in [1.29, 1.82) is 0 Å². The van der Waals surface area contributed by atoms with E-state index >= 15 is 0 Å². The van der Waals surface area contributed by atoms with E-state index in [0.717, 1.165) is 38.5 Å². The standard InChI is InChI=1S/C50H96O5/c1-3-5-7-9-11-13-15-17-18-19-20-21-22-23-24-25-26-27-28-29-30-31-32-33-35-36-38-40-42-44-49(52)54-47-48(46-51)55-50(53)45-43-41-39-37-34-16-14-12-10-8-6-4-2/h12,14,48,51H,3-11,13,15-47H2,1-2H3/b14-12-. The Labute approximate surface area is 343 Å². The molecule has 326 valence electrons. The summed E-state index contributed by atoms with van der Waals surface area (Å²) in [4.78, 5) is 24.3. The van der Waals surface area contributed by atoms with E-state index in [2.05, 4.69) is 26.0 Å². The highest BCUT2D eigenvalue weighted by Crippen LogP contribution is 2.17. The third-order valence-corrected chi connectivity index (χ3v) is 11.3. The minimum absolute atomic E-state index is 0.0629. The predicted octanol–water partition coefficient (Wildman–Crippen LogP) is 16.0. The number of hydrogen-bond donors (Lipinski definition) is 1. The molecule has 0 aromatic rings. The number of aliphatic hydroxyl groups is 1. The number of allylic oxidation sites excluding steroid dienone is 2. The lowest BCUT2D eigenvalue weighted by Crippen LogP contribution is -2.28. The Kier molecular flexibility index (Phi) is 45.9. The molecule has 0 aromatic carbocycles. The van der Waals surface area contributed by atoms with Crippen molar-refractivity contribution in [2.45, 2.75) is 283 Å². The van der Waals surface area contributed by atoms with Crippen LogP contribution in [0.15, 0.2) is 12.2 Å². The fourth-order valence-corrected chi connectivity index (χ4v) is 7.55. The van der Waals surface area contributed by atoms with Gasteiger partial charge in [0.1, 0.15) is 6.61 Å². The van der Waals surface area contributed by atoms with E-state index in [-0.39, 0.29) is 25.2 Å². The largest absolute Gasteiger partial charge is 0.462 e. The van der Waals surface area contributed by atoms with Crippen molar-refractivity contribution in [3.05, 3.63) is 12.2 Å². The van der Waals surface area contributed by atoms with Crippen molar-refractivity contribution in [1.82, 2.24) is 0 Å². The van der Waals surface area contributed by atoms with E-state index in [0.29, 0.717) is 12.8 Å². The Morgan fingerprint density at radius 2 is 0.673 bits per heavy atom. The molecule has 5 nitrogen and oxygen atoms in total. The van der Waals surface area contributed by atoms with E-state index in [1.54, 1.807) is 0 Å². The second-order valence-electron chi connectivity index (χ2n) is 16.9. The van der Waals surface area contributed by atoms with Gasteiger partial charge in [0.05, 0.1) is 6.61 Å². The molecule has 55 heavy (non-hydrogen) atoms. The zero-order chi connectivity index (χ0) is 40.0. The van der Waals surface area contributed by atoms with Crippen LogP contribution in [0.25, 0.3) is 0 Å². The summed E-state index contributed by atoms with van der Waals surface area (Å²) in [5, 5.41) is 9.58. The van der Waals surface area contributed by atoms with E-state index in [1.807, 2.05) is 0 Å². The zero-order valence-corrected chi connectivity index (χ0v) is 37.2. The monoisotopic (exact) mass is 777 g/mol. The van der Waals surface area contributed by atoms with Crippen LogP contribution in [-0.4, -0.2) is 36.4 Å². The van der Waals surface area contributed by atoms with Crippen molar-refractivity contribution in [2.75, 3.05) is 13.2 Å². The number of carbonyl (C=O) groups is 2. The fraction of sp³-hybridized carbons (Fsp3) is 0.920. The predicted molar refractivity (Wildman–Crippen MR) is 238 cm³/mol. The SMILES string of the molecule is CCCCC/C=C\CCCCCCCC(=O)OC(CO)COC(=O)CCCCCCCCCCCCCCCCCCCCCCCCCCCCCCC. The highest BCUT2D eigenvalue weighted by molar-refractivity contribution is 5.70. The van der Waals surface area contributed by atoms with Crippen LogP contribution < -0.4 is 0 Å². The summed E-state index contributed by atoms with van der Waals surface area (Å²) in [5.74, 6) is -0.587. The quantitative estimate of drug-likeness (QED) is 0.0379. The number of aliphatic hydroxyl groups excluding tert-OH is 1. The topological polar surface area (TPSA) is 72.8 Å². The lowest BCUT2D eigenvalue weighted by molar-refractivity contribution is -0.161. The van der Waals surface area contributed by atoms with Crippen LogP contribution in [0.4, 0.5) is 0 Å². The molecular formula is C50H96O5. The molecule has 0 amide bonds. The summed E-state index contributed by atoms with van der Waals surface area (Å²) >= 11 is 0. The van der Waals surface area contributed by atoms with Gasteiger partial charge in [0, 0.05) is 12.8 Å². The smallest absolute Gasteiger partial charge is 0.306 e. The molecule has 1 unspecified atom stereocenters. The molecule has 0 rings (SSSR count). The molecule has 0 saturated heterocycles. The van der Waals surface area contributed by atoms with Crippen molar-refractivity contribution in [3.63, 3.8) is 0 Å². The van der Waals surface area contributed by atoms with Gasteiger partial charge in [-0.25, -0.2) is 0 Å². The van der Waals surface area contributed by atoms with Crippen LogP contribution in [0.5, 0.6) is 0 Å². The van der Waals surface area contributed by atoms with Gasteiger partial charge in [-0.3, -0.25) is 9.59 Å². The van der Waals surface area contributed by atoms with Crippen molar-refractivity contribution < 1.29 is 24.2 Å². The Hall–Kier alpha value is -1.36. The Bertz CT molecular complexity index is 795. The molecule has 0 aromatic heterocycles.